The van der Waals surface area contributed by atoms with E-state index in [9.17, 15) is 0 Å². The molecule has 13 heavy (non-hydrogen) atoms. The van der Waals surface area contributed by atoms with Gasteiger partial charge in [0.25, 0.3) is 0 Å². The molecule has 0 saturated carbocycles. The monoisotopic (exact) mass is 179 g/mol. The molecule has 2 N–H and O–H groups in total. The van der Waals surface area contributed by atoms with Gasteiger partial charge in [-0.15, -0.1) is 0 Å². The third-order valence-corrected chi connectivity index (χ3v) is 2.32. The number of anilines is 1. The Balaban J connectivity index is 2.31. The van der Waals surface area contributed by atoms with Crippen LogP contribution in [-0.2, 0) is 11.2 Å². The van der Waals surface area contributed by atoms with Crippen LogP contribution >= 0.6 is 0 Å². The number of hydrogen-bond acceptors (Lipinski definition) is 3. The van der Waals surface area contributed by atoms with Crippen LogP contribution in [0.5, 0.6) is 5.75 Å². The van der Waals surface area contributed by atoms with Crippen LogP contribution in [0.2, 0.25) is 0 Å². The van der Waals surface area contributed by atoms with Gasteiger partial charge in [-0.3, -0.25) is 0 Å². The van der Waals surface area contributed by atoms with Gasteiger partial charge in [0.2, 0.25) is 0 Å². The van der Waals surface area contributed by atoms with E-state index in [1.165, 1.54) is 0 Å². The number of para-hydroxylation sites is 1. The number of rotatable bonds is 1. The Labute approximate surface area is 77.5 Å². The molecular formula is C10H13NO2. The molecule has 2 rings (SSSR count). The van der Waals surface area contributed by atoms with Crippen LogP contribution in [0.3, 0.4) is 0 Å². The van der Waals surface area contributed by atoms with Crippen molar-refractivity contribution in [2.24, 2.45) is 0 Å². The number of benzene rings is 1. The molecule has 0 fully saturated rings. The lowest BCUT2D eigenvalue weighted by Crippen LogP contribution is -2.27. The minimum atomic E-state index is 0.161. The maximum atomic E-state index is 5.76. The number of nitrogens with two attached hydrogens (primary N) is 1. The Morgan fingerprint density at radius 1 is 1.54 bits per heavy atom. The molecule has 0 radical (unpaired) electrons. The van der Waals surface area contributed by atoms with Crippen LogP contribution in [0.15, 0.2) is 18.2 Å². The fraction of sp³-hybridized carbons (Fsp3) is 0.400. The number of methoxy groups -OCH3 is 1. The molecule has 0 amide bonds. The first kappa shape index (κ1) is 8.38. The molecule has 3 heteroatoms. The number of nitrogen functional groups attached to an aromatic ring is 1. The second-order valence-corrected chi connectivity index (χ2v) is 3.21. The smallest absolute Gasteiger partial charge is 0.145 e. The Morgan fingerprint density at radius 2 is 2.38 bits per heavy atom. The Morgan fingerprint density at radius 3 is 3.15 bits per heavy atom. The predicted octanol–water partition coefficient (Wildman–Crippen LogP) is 1.22. The number of fused-ring (bicyclic) bond motifs is 1. The van der Waals surface area contributed by atoms with Crippen LogP contribution in [0.1, 0.15) is 5.56 Å². The maximum Gasteiger partial charge on any atom is 0.145 e. The molecule has 3 nitrogen and oxygen atoms in total. The second kappa shape index (κ2) is 3.26. The summed E-state index contributed by atoms with van der Waals surface area (Å²) in [5, 5.41) is 0. The third-order valence-electron chi connectivity index (χ3n) is 2.32. The highest BCUT2D eigenvalue weighted by molar-refractivity contribution is 5.57. The summed E-state index contributed by atoms with van der Waals surface area (Å²) in [6.07, 6.45) is 1.05. The first-order valence-corrected chi connectivity index (χ1v) is 4.34. The van der Waals surface area contributed by atoms with Gasteiger partial charge < -0.3 is 15.2 Å². The van der Waals surface area contributed by atoms with Crippen molar-refractivity contribution in [2.75, 3.05) is 19.5 Å². The van der Waals surface area contributed by atoms with E-state index in [0.717, 1.165) is 17.7 Å². The average molecular weight is 179 g/mol. The number of hydrogen-bond donors (Lipinski definition) is 1. The highest BCUT2D eigenvalue weighted by Crippen LogP contribution is 2.31. The molecule has 0 bridgehead atoms. The molecule has 1 heterocycles. The maximum absolute atomic E-state index is 5.76. The topological polar surface area (TPSA) is 44.5 Å². The quantitative estimate of drug-likeness (QED) is 0.659. The Kier molecular flexibility index (Phi) is 2.10. The van der Waals surface area contributed by atoms with Crippen molar-refractivity contribution in [3.63, 3.8) is 0 Å². The lowest BCUT2D eigenvalue weighted by Gasteiger charge is -2.24. The van der Waals surface area contributed by atoms with Gasteiger partial charge in [0, 0.05) is 13.5 Å². The van der Waals surface area contributed by atoms with Crippen molar-refractivity contribution in [1.82, 2.24) is 0 Å². The molecule has 0 spiro atoms. The van der Waals surface area contributed by atoms with Gasteiger partial charge in [-0.05, 0) is 11.6 Å². The van der Waals surface area contributed by atoms with Crippen molar-refractivity contribution < 1.29 is 9.47 Å². The van der Waals surface area contributed by atoms with E-state index in [2.05, 4.69) is 0 Å². The average Bonchev–Trinajstić information content (AvgIpc) is 2.18. The molecule has 0 aliphatic carbocycles. The van der Waals surface area contributed by atoms with Crippen molar-refractivity contribution >= 4 is 5.69 Å². The molecular weight excluding hydrogens is 166 g/mol. The van der Waals surface area contributed by atoms with Crippen molar-refractivity contribution in [3.8, 4) is 5.75 Å². The molecule has 1 aliphatic rings. The fourth-order valence-corrected chi connectivity index (χ4v) is 1.57. The summed E-state index contributed by atoms with van der Waals surface area (Å²) in [6, 6.07) is 5.82. The van der Waals surface area contributed by atoms with E-state index < -0.39 is 0 Å². The van der Waals surface area contributed by atoms with E-state index in [4.69, 9.17) is 15.2 Å². The largest absolute Gasteiger partial charge is 0.488 e. The fourth-order valence-electron chi connectivity index (χ4n) is 1.57. The van der Waals surface area contributed by atoms with E-state index in [0.29, 0.717) is 12.3 Å². The molecule has 0 aromatic heterocycles. The summed E-state index contributed by atoms with van der Waals surface area (Å²) in [6.45, 7) is 0.595. The minimum absolute atomic E-state index is 0.161. The van der Waals surface area contributed by atoms with E-state index in [-0.39, 0.29) is 6.10 Å². The minimum Gasteiger partial charge on any atom is -0.488 e. The summed E-state index contributed by atoms with van der Waals surface area (Å²) >= 11 is 0. The summed E-state index contributed by atoms with van der Waals surface area (Å²) in [4.78, 5) is 0. The van der Waals surface area contributed by atoms with Crippen molar-refractivity contribution in [2.45, 2.75) is 12.5 Å². The summed E-state index contributed by atoms with van der Waals surface area (Å²) in [7, 11) is 1.70. The Bertz CT molecular complexity index is 312. The molecule has 1 unspecified atom stereocenters. The van der Waals surface area contributed by atoms with E-state index in [1.54, 1.807) is 7.11 Å². The zero-order valence-corrected chi connectivity index (χ0v) is 7.62. The molecule has 70 valence electrons. The van der Waals surface area contributed by atoms with Crippen LogP contribution in [0, 0.1) is 0 Å². The van der Waals surface area contributed by atoms with Gasteiger partial charge in [-0.25, -0.2) is 0 Å². The van der Waals surface area contributed by atoms with Gasteiger partial charge in [0.05, 0.1) is 11.8 Å². The molecule has 1 aliphatic heterocycles. The van der Waals surface area contributed by atoms with Gasteiger partial charge in [0.15, 0.2) is 0 Å². The van der Waals surface area contributed by atoms with Crippen molar-refractivity contribution in [3.05, 3.63) is 23.8 Å². The normalized spacial score (nSPS) is 20.5. The van der Waals surface area contributed by atoms with Crippen LogP contribution in [0.25, 0.3) is 0 Å². The predicted molar refractivity (Wildman–Crippen MR) is 50.9 cm³/mol. The molecule has 1 aromatic carbocycles. The summed E-state index contributed by atoms with van der Waals surface area (Å²) < 4.78 is 10.7. The van der Waals surface area contributed by atoms with Gasteiger partial charge >= 0.3 is 0 Å². The van der Waals surface area contributed by atoms with Crippen LogP contribution < -0.4 is 10.5 Å². The van der Waals surface area contributed by atoms with E-state index >= 15 is 0 Å². The highest BCUT2D eigenvalue weighted by Gasteiger charge is 2.20. The van der Waals surface area contributed by atoms with Crippen LogP contribution in [-0.4, -0.2) is 19.8 Å². The second-order valence-electron chi connectivity index (χ2n) is 3.21. The van der Waals surface area contributed by atoms with Crippen molar-refractivity contribution in [1.29, 1.82) is 0 Å². The molecule has 1 aromatic rings. The van der Waals surface area contributed by atoms with Gasteiger partial charge in [-0.1, -0.05) is 12.1 Å². The highest BCUT2D eigenvalue weighted by atomic mass is 16.5. The Hall–Kier alpha value is -1.22. The number of ether oxygens (including phenoxy) is 2. The zero-order valence-electron chi connectivity index (χ0n) is 7.62. The zero-order chi connectivity index (χ0) is 9.26. The molecule has 0 saturated heterocycles. The SMILES string of the molecule is COC1COc2c(N)cccc2C1. The summed E-state index contributed by atoms with van der Waals surface area (Å²) in [5.74, 6) is 0.829. The van der Waals surface area contributed by atoms with Gasteiger partial charge in [-0.2, -0.15) is 0 Å². The summed E-state index contributed by atoms with van der Waals surface area (Å²) in [5.41, 5.74) is 7.61. The van der Waals surface area contributed by atoms with E-state index in [1.807, 2.05) is 18.2 Å². The lowest BCUT2D eigenvalue weighted by molar-refractivity contribution is 0.0471. The van der Waals surface area contributed by atoms with Crippen LogP contribution in [0.4, 0.5) is 5.69 Å². The van der Waals surface area contributed by atoms with Gasteiger partial charge in [0.1, 0.15) is 12.4 Å². The first-order valence-electron chi connectivity index (χ1n) is 4.34. The third kappa shape index (κ3) is 1.47. The molecule has 1 atom stereocenters. The lowest BCUT2D eigenvalue weighted by atomic mass is 10.0. The standard InChI is InChI=1S/C10H13NO2/c1-12-8-5-7-3-2-4-9(11)10(7)13-6-8/h2-4,8H,5-6,11H2,1H3. The first-order chi connectivity index (χ1) is 6.31.